The number of allylic oxidation sites excluding steroid dienone is 1. The van der Waals surface area contributed by atoms with E-state index in [1.54, 1.807) is 41.5 Å². The van der Waals surface area contributed by atoms with Crippen LogP contribution in [0.2, 0.25) is 0 Å². The number of hydrogen-bond acceptors (Lipinski definition) is 37. The van der Waals surface area contributed by atoms with Crippen molar-refractivity contribution in [3.05, 3.63) is 44.0 Å². The highest BCUT2D eigenvalue weighted by molar-refractivity contribution is 6.35. The van der Waals surface area contributed by atoms with Gasteiger partial charge in [-0.05, 0) is 106 Å². The van der Waals surface area contributed by atoms with Crippen LogP contribution in [0.4, 0.5) is 0 Å². The van der Waals surface area contributed by atoms with Crippen LogP contribution < -0.4 is 19.9 Å². The average molecular weight is 1730 g/mol. The molecular weight excluding hydrogens is 1610 g/mol. The number of carbonyl (C=O) groups is 6. The van der Waals surface area contributed by atoms with E-state index >= 15 is 19.2 Å². The molecule has 15 N–H and O–H groups in total. The summed E-state index contributed by atoms with van der Waals surface area (Å²) in [7, 11) is 3.14. The summed E-state index contributed by atoms with van der Waals surface area (Å²) in [6.07, 6.45) is -33.4. The number of rotatable bonds is 21. The van der Waals surface area contributed by atoms with Gasteiger partial charge in [0.2, 0.25) is 11.6 Å². The molecule has 2 aromatic carbocycles. The average Bonchev–Trinajstić information content (AvgIpc) is 1.44. The number of methoxy groups -OCH3 is 3. The van der Waals surface area contributed by atoms with Gasteiger partial charge in [0, 0.05) is 55.2 Å². The molecule has 35 atom stereocenters. The number of ether oxygens (including phenoxy) is 16. The first-order valence-corrected chi connectivity index (χ1v) is 42.3. The minimum absolute atomic E-state index is 0.00699. The highest BCUT2D eigenvalue weighted by Crippen LogP contribution is 2.69. The van der Waals surface area contributed by atoms with Gasteiger partial charge < -0.3 is 152 Å². The van der Waals surface area contributed by atoms with Crippen molar-refractivity contribution >= 4 is 52.1 Å². The van der Waals surface area contributed by atoms with Gasteiger partial charge in [0.15, 0.2) is 95.1 Å². The number of fused-ring (bicyclic) bond motifs is 6. The topological polar surface area (TPSA) is 554 Å². The zero-order valence-corrected chi connectivity index (χ0v) is 70.1. The second-order valence-corrected chi connectivity index (χ2v) is 35.4. The molecule has 3 saturated carbocycles. The standard InChI is InChI=1S/C85H114O37/c1-14-22-82(104)78(120-45-18-16-43(30(3)110-45)116-47-20-24-80(102,34(7)86)36(9)114-47)68(98)71(118-49-28-41(88)60(90)32(5)112-49)40-27-38-26-39-52(62(92)51(38)76(100)84(40,82)105)63(93)56(74(109-13)70(39)107-11)55-64(94)53-54(67(97)73(55)108-12)65(95)57-58(66(53)96)77(101)85(106)59-72(57)122-83(85,23-15-2)79(69(99)75(59)119-50-29-42(89)61(91)33(6)113-50)121-46-19-17-44(31(4)111-46)117-48-21-25-81(103,35(8)87)37(10)115-48/h26,30-33,36-38,40-51,59-61,68-69,71-72,75,78-79,88-91,93,95-99,102-106H,14-25,27-29H2,1-13H3/t30-,31-,32+,33+,36-,37-,38?,40?,41-,42-,43+,44+,45+,46+,47-,48+,49+,50?,51?,59?,60+,61+,68?,69?,71?,72?,75?,78?,79?,80+,81?,82?,83?,84?,85?/m1/s1. The summed E-state index contributed by atoms with van der Waals surface area (Å²) < 4.78 is 101. The van der Waals surface area contributed by atoms with Crippen LogP contribution in [0.1, 0.15) is 214 Å². The van der Waals surface area contributed by atoms with Crippen molar-refractivity contribution in [3.8, 4) is 28.7 Å². The van der Waals surface area contributed by atoms with E-state index in [-0.39, 0.29) is 75.8 Å². The van der Waals surface area contributed by atoms with Crippen LogP contribution in [0.25, 0.3) is 17.4 Å². The van der Waals surface area contributed by atoms with Gasteiger partial charge in [-0.1, -0.05) is 32.8 Å². The van der Waals surface area contributed by atoms with E-state index in [1.807, 2.05) is 0 Å². The molecule has 122 heavy (non-hydrogen) atoms. The first-order chi connectivity index (χ1) is 57.5. The zero-order chi connectivity index (χ0) is 88.5. The largest absolute Gasteiger partial charge is 0.507 e. The highest BCUT2D eigenvalue weighted by Gasteiger charge is 2.82. The Morgan fingerprint density at radius 1 is 0.508 bits per heavy atom. The maximum Gasteiger partial charge on any atom is 0.202 e. The third kappa shape index (κ3) is 13.7. The predicted octanol–water partition coefficient (Wildman–Crippen LogP) is 0.469. The Labute approximate surface area is 701 Å². The molecule has 15 rings (SSSR count). The molecule has 0 radical (unpaired) electrons. The Balaban J connectivity index is 0.800. The lowest BCUT2D eigenvalue weighted by molar-refractivity contribution is -0.363. The van der Waals surface area contributed by atoms with Crippen LogP contribution in [0.5, 0.6) is 28.7 Å². The third-order valence-corrected chi connectivity index (χ3v) is 28.7. The van der Waals surface area contributed by atoms with Gasteiger partial charge in [0.05, 0.1) is 146 Å². The molecule has 17 unspecified atom stereocenters. The smallest absolute Gasteiger partial charge is 0.202 e. The van der Waals surface area contributed by atoms with Gasteiger partial charge in [0.1, 0.15) is 76.3 Å². The molecule has 4 bridgehead atoms. The molecule has 6 aliphatic carbocycles. The monoisotopic (exact) mass is 1730 g/mol. The van der Waals surface area contributed by atoms with Gasteiger partial charge in [-0.2, -0.15) is 0 Å². The van der Waals surface area contributed by atoms with E-state index in [4.69, 9.17) is 75.8 Å². The number of phenols is 3. The number of aliphatic hydroxyl groups is 12. The van der Waals surface area contributed by atoms with Gasteiger partial charge in [-0.15, -0.1) is 0 Å². The van der Waals surface area contributed by atoms with Crippen molar-refractivity contribution in [2.45, 2.75) is 353 Å². The highest BCUT2D eigenvalue weighted by atomic mass is 16.8. The molecule has 10 fully saturated rings. The number of hydrogen-bond donors (Lipinski definition) is 15. The summed E-state index contributed by atoms with van der Waals surface area (Å²) in [4.78, 5) is 90.0. The molecule has 0 amide bonds. The van der Waals surface area contributed by atoms with Crippen molar-refractivity contribution in [3.63, 3.8) is 0 Å². The number of aromatic hydroxyl groups is 3. The van der Waals surface area contributed by atoms with Gasteiger partial charge in [-0.25, -0.2) is 0 Å². The van der Waals surface area contributed by atoms with Crippen LogP contribution >= 0.6 is 0 Å². The molecular formula is C85H114O37. The lowest BCUT2D eigenvalue weighted by atomic mass is 9.50. The number of phenolic OH excluding ortho intramolecular Hbond substituents is 3. The van der Waals surface area contributed by atoms with Crippen LogP contribution in [0.15, 0.2) is 5.76 Å². The number of aliphatic hydroxyl groups excluding tert-OH is 7. The molecule has 7 aliphatic heterocycles. The fraction of sp³-hybridized carbons (Fsp3) is 0.741. The number of carbonyl (C=O) groups excluding carboxylic acids is 6. The van der Waals surface area contributed by atoms with E-state index in [9.17, 15) is 86.2 Å². The number of ketones is 6. The normalized spacial score (nSPS) is 45.3. The van der Waals surface area contributed by atoms with Gasteiger partial charge >= 0.3 is 0 Å². The molecule has 13 aliphatic rings. The zero-order valence-electron chi connectivity index (χ0n) is 70.1. The van der Waals surface area contributed by atoms with E-state index in [0.29, 0.717) is 0 Å². The minimum Gasteiger partial charge on any atom is -0.507 e. The summed E-state index contributed by atoms with van der Waals surface area (Å²) in [6.45, 7) is 15.1. The Hall–Kier alpha value is -6.42. The first-order valence-electron chi connectivity index (χ1n) is 42.3. The van der Waals surface area contributed by atoms with Gasteiger partial charge in [-0.3, -0.25) is 28.8 Å². The molecule has 2 aromatic rings. The maximum atomic E-state index is 16.4. The fourth-order valence-corrected chi connectivity index (χ4v) is 22.2. The summed E-state index contributed by atoms with van der Waals surface area (Å²) in [5.41, 5.74) is -20.3. The fourth-order valence-electron chi connectivity index (χ4n) is 22.2. The van der Waals surface area contributed by atoms with Crippen molar-refractivity contribution in [1.29, 1.82) is 0 Å². The quantitative estimate of drug-likeness (QED) is 0.0459. The minimum atomic E-state index is -3.18. The summed E-state index contributed by atoms with van der Waals surface area (Å²) in [5, 5.41) is 185. The molecule has 37 nitrogen and oxygen atoms in total. The van der Waals surface area contributed by atoms with Crippen molar-refractivity contribution in [2.75, 3.05) is 21.3 Å². The SMILES string of the molecule is CCCC1(O)C(O[C@H]2CC[C@H](O[C@@H]3CC[C@](O)(C(C)=O)[C@@H](C)O3)[C@@H](C)O2)C(O)C(O[C@H]2C[C@@H](O)[C@@H](O)[C@H](C)O2)C2CC3C=c4c(OC)c(OC)c(=C5C(=O)c6c(O)c7c(c(O)c6C(O)=C5OC)C5OC6(CCC)C(O[C@H]8CC[C@H](O[C@H]9CCC(O)(C(C)=O)[C@@H](C)O9)[C@@H](C)O8)C(O)C(OC8C[C@@H](O)[C@@H](O)[C@H](C)O8)C5C6(O)C7=O)c(O)c4C(=O)C3C(=O)C21O. The Morgan fingerprint density at radius 3 is 1.49 bits per heavy atom. The predicted molar refractivity (Wildman–Crippen MR) is 411 cm³/mol. The van der Waals surface area contributed by atoms with E-state index < -0.39 is 350 Å². The Morgan fingerprint density at radius 2 is 1.01 bits per heavy atom. The van der Waals surface area contributed by atoms with E-state index in [0.717, 1.165) is 21.3 Å². The molecule has 7 heterocycles. The second kappa shape index (κ2) is 33.0. The van der Waals surface area contributed by atoms with Crippen LogP contribution in [0, 0.1) is 23.7 Å². The van der Waals surface area contributed by atoms with Crippen molar-refractivity contribution in [1.82, 2.24) is 0 Å². The van der Waals surface area contributed by atoms with Crippen molar-refractivity contribution in [2.24, 2.45) is 23.7 Å². The molecule has 0 aromatic heterocycles. The third-order valence-electron chi connectivity index (χ3n) is 28.7. The lowest BCUT2D eigenvalue weighted by Gasteiger charge is -2.62. The van der Waals surface area contributed by atoms with Crippen molar-refractivity contribution < 1.29 is 181 Å². The number of benzene rings is 2. The van der Waals surface area contributed by atoms with Crippen LogP contribution in [-0.2, 0) is 80.7 Å². The Kier molecular flexibility index (Phi) is 24.5. The molecule has 37 heteroatoms. The van der Waals surface area contributed by atoms with E-state index in [2.05, 4.69) is 0 Å². The molecule has 0 spiro atoms. The summed E-state index contributed by atoms with van der Waals surface area (Å²) in [5.74, 6) is -20.2. The molecule has 676 valence electrons. The Bertz CT molecular complexity index is 4600. The summed E-state index contributed by atoms with van der Waals surface area (Å²) >= 11 is 0. The second-order valence-electron chi connectivity index (χ2n) is 35.4. The van der Waals surface area contributed by atoms with Crippen LogP contribution in [-0.4, -0.2) is 314 Å². The number of Topliss-reactive ketones (excluding diaryl/α,β-unsaturated/α-hetero) is 6. The maximum absolute atomic E-state index is 16.4. The molecule has 7 saturated heterocycles. The van der Waals surface area contributed by atoms with Crippen LogP contribution in [0.3, 0.4) is 0 Å². The van der Waals surface area contributed by atoms with Gasteiger partial charge in [0.25, 0.3) is 0 Å². The van der Waals surface area contributed by atoms with E-state index in [1.165, 1.54) is 33.8 Å². The lowest BCUT2D eigenvalue weighted by Crippen LogP contribution is -2.81. The first kappa shape index (κ1) is 90.4. The summed E-state index contributed by atoms with van der Waals surface area (Å²) in [6, 6.07) is 0.